The Morgan fingerprint density at radius 2 is 1.76 bits per heavy atom. The molecule has 3 rings (SSSR count). The predicted octanol–water partition coefficient (Wildman–Crippen LogP) is 3.03. The van der Waals surface area contributed by atoms with Gasteiger partial charge in [-0.25, -0.2) is 0 Å². The van der Waals surface area contributed by atoms with Gasteiger partial charge >= 0.3 is 0 Å². The van der Waals surface area contributed by atoms with Crippen molar-refractivity contribution in [3.8, 4) is 11.5 Å². The van der Waals surface area contributed by atoms with Gasteiger partial charge in [-0.3, -0.25) is 4.79 Å². The first-order valence-corrected chi connectivity index (χ1v) is 7.05. The van der Waals surface area contributed by atoms with Gasteiger partial charge in [0.25, 0.3) is 0 Å². The maximum atomic E-state index is 12.0. The second-order valence-corrected chi connectivity index (χ2v) is 4.92. The Bertz CT molecular complexity index is 625. The highest BCUT2D eigenvalue weighted by atomic mass is 16.5. The van der Waals surface area contributed by atoms with Gasteiger partial charge < -0.3 is 14.8 Å². The zero-order chi connectivity index (χ0) is 14.5. The molecule has 21 heavy (non-hydrogen) atoms. The summed E-state index contributed by atoms with van der Waals surface area (Å²) in [5, 5.41) is 2.89. The number of carbonyl (C=O) groups is 1. The zero-order valence-electron chi connectivity index (χ0n) is 11.7. The minimum atomic E-state index is -0.0457. The van der Waals surface area contributed by atoms with E-state index in [9.17, 15) is 4.79 Å². The Balaban J connectivity index is 1.67. The van der Waals surface area contributed by atoms with E-state index in [1.165, 1.54) is 0 Å². The lowest BCUT2D eigenvalue weighted by Crippen LogP contribution is -2.14. The number of nitrogens with one attached hydrogen (secondary N) is 1. The van der Waals surface area contributed by atoms with Gasteiger partial charge in [0.2, 0.25) is 5.91 Å². The average molecular weight is 283 g/mol. The number of fused-ring (bicyclic) bond motifs is 1. The summed E-state index contributed by atoms with van der Waals surface area (Å²) in [5.41, 5.74) is 1.71. The van der Waals surface area contributed by atoms with Gasteiger partial charge in [0.15, 0.2) is 11.5 Å². The molecule has 0 spiro atoms. The molecule has 2 aromatic rings. The number of carbonyl (C=O) groups excluding carboxylic acids is 1. The van der Waals surface area contributed by atoms with Gasteiger partial charge in [0, 0.05) is 18.2 Å². The minimum Gasteiger partial charge on any atom is -0.490 e. The van der Waals surface area contributed by atoms with E-state index in [0.717, 1.165) is 23.4 Å². The summed E-state index contributed by atoms with van der Waals surface area (Å²) in [6.45, 7) is 1.29. The van der Waals surface area contributed by atoms with E-state index in [2.05, 4.69) is 5.32 Å². The number of anilines is 1. The number of benzene rings is 2. The van der Waals surface area contributed by atoms with Crippen LogP contribution in [0.4, 0.5) is 5.69 Å². The molecule has 4 nitrogen and oxygen atoms in total. The Hall–Kier alpha value is -2.49. The summed E-state index contributed by atoms with van der Waals surface area (Å²) in [5.74, 6) is 1.37. The number of hydrogen-bond donors (Lipinski definition) is 1. The van der Waals surface area contributed by atoms with E-state index < -0.39 is 0 Å². The molecule has 0 unspecified atom stereocenters. The molecule has 1 amide bonds. The zero-order valence-corrected chi connectivity index (χ0v) is 11.7. The van der Waals surface area contributed by atoms with Crippen LogP contribution >= 0.6 is 0 Å². The van der Waals surface area contributed by atoms with Crippen molar-refractivity contribution in [3.63, 3.8) is 0 Å². The maximum Gasteiger partial charge on any atom is 0.228 e. The SMILES string of the molecule is O=C(Cc1ccccc1)Nc1ccc2c(c1)OCCCO2. The first-order chi connectivity index (χ1) is 10.3. The van der Waals surface area contributed by atoms with Gasteiger partial charge in [-0.15, -0.1) is 0 Å². The quantitative estimate of drug-likeness (QED) is 0.942. The van der Waals surface area contributed by atoms with Crippen LogP contribution in [0.2, 0.25) is 0 Å². The molecule has 0 aromatic heterocycles. The third-order valence-corrected chi connectivity index (χ3v) is 3.24. The average Bonchev–Trinajstić information content (AvgIpc) is 2.73. The van der Waals surface area contributed by atoms with Crippen molar-refractivity contribution in [2.75, 3.05) is 18.5 Å². The number of hydrogen-bond acceptors (Lipinski definition) is 3. The maximum absolute atomic E-state index is 12.0. The summed E-state index contributed by atoms with van der Waals surface area (Å²) in [6.07, 6.45) is 1.22. The highest BCUT2D eigenvalue weighted by Gasteiger charge is 2.12. The van der Waals surface area contributed by atoms with E-state index in [1.807, 2.05) is 48.5 Å². The largest absolute Gasteiger partial charge is 0.490 e. The fraction of sp³-hybridized carbons (Fsp3) is 0.235. The molecule has 0 bridgehead atoms. The van der Waals surface area contributed by atoms with Crippen LogP contribution in [0.5, 0.6) is 11.5 Å². The molecule has 0 saturated heterocycles. The lowest BCUT2D eigenvalue weighted by Gasteiger charge is -2.10. The number of ether oxygens (including phenoxy) is 2. The highest BCUT2D eigenvalue weighted by molar-refractivity contribution is 5.92. The van der Waals surface area contributed by atoms with Crippen molar-refractivity contribution in [3.05, 3.63) is 54.1 Å². The summed E-state index contributed by atoms with van der Waals surface area (Å²) in [4.78, 5) is 12.0. The summed E-state index contributed by atoms with van der Waals surface area (Å²) in [7, 11) is 0. The van der Waals surface area contributed by atoms with Gasteiger partial charge in [0.05, 0.1) is 19.6 Å². The van der Waals surface area contributed by atoms with Gasteiger partial charge in [-0.1, -0.05) is 30.3 Å². The topological polar surface area (TPSA) is 47.6 Å². The Morgan fingerprint density at radius 1 is 1.00 bits per heavy atom. The van der Waals surface area contributed by atoms with E-state index in [4.69, 9.17) is 9.47 Å². The lowest BCUT2D eigenvalue weighted by molar-refractivity contribution is -0.115. The molecule has 0 atom stereocenters. The fourth-order valence-electron chi connectivity index (χ4n) is 2.23. The minimum absolute atomic E-state index is 0.0457. The molecule has 1 aliphatic heterocycles. The Morgan fingerprint density at radius 3 is 2.57 bits per heavy atom. The second-order valence-electron chi connectivity index (χ2n) is 4.92. The van der Waals surface area contributed by atoms with E-state index in [1.54, 1.807) is 0 Å². The Kier molecular flexibility index (Phi) is 4.05. The molecular weight excluding hydrogens is 266 g/mol. The van der Waals surface area contributed by atoms with Crippen molar-refractivity contribution in [2.45, 2.75) is 12.8 Å². The molecule has 2 aromatic carbocycles. The van der Waals surface area contributed by atoms with Gasteiger partial charge in [0.1, 0.15) is 0 Å². The number of amides is 1. The standard InChI is InChI=1S/C17H17NO3/c19-17(11-13-5-2-1-3-6-13)18-14-7-8-15-16(12-14)21-10-4-9-20-15/h1-3,5-8,12H,4,9-11H2,(H,18,19). The van der Waals surface area contributed by atoms with Crippen molar-refractivity contribution in [2.24, 2.45) is 0 Å². The third-order valence-electron chi connectivity index (χ3n) is 3.24. The highest BCUT2D eigenvalue weighted by Crippen LogP contribution is 2.32. The molecule has 1 aliphatic rings. The van der Waals surface area contributed by atoms with Crippen LogP contribution in [0, 0.1) is 0 Å². The molecule has 0 fully saturated rings. The van der Waals surface area contributed by atoms with Crippen LogP contribution in [-0.4, -0.2) is 19.1 Å². The Labute approximate surface area is 123 Å². The molecule has 1 heterocycles. The monoisotopic (exact) mass is 283 g/mol. The summed E-state index contributed by atoms with van der Waals surface area (Å²) >= 11 is 0. The van der Waals surface area contributed by atoms with Crippen LogP contribution in [-0.2, 0) is 11.2 Å². The first kappa shape index (κ1) is 13.5. The normalized spacial score (nSPS) is 13.3. The predicted molar refractivity (Wildman–Crippen MR) is 80.8 cm³/mol. The van der Waals surface area contributed by atoms with Crippen LogP contribution in [0.1, 0.15) is 12.0 Å². The smallest absolute Gasteiger partial charge is 0.228 e. The third kappa shape index (κ3) is 3.54. The van der Waals surface area contributed by atoms with Crippen LogP contribution in [0.15, 0.2) is 48.5 Å². The van der Waals surface area contributed by atoms with Crippen molar-refractivity contribution in [1.29, 1.82) is 0 Å². The summed E-state index contributed by atoms with van der Waals surface area (Å²) < 4.78 is 11.2. The molecule has 0 radical (unpaired) electrons. The molecular formula is C17H17NO3. The molecule has 1 N–H and O–H groups in total. The fourth-order valence-corrected chi connectivity index (χ4v) is 2.23. The lowest BCUT2D eigenvalue weighted by atomic mass is 10.1. The second kappa shape index (κ2) is 6.31. The molecule has 108 valence electrons. The van der Waals surface area contributed by atoms with E-state index >= 15 is 0 Å². The first-order valence-electron chi connectivity index (χ1n) is 7.05. The number of rotatable bonds is 3. The van der Waals surface area contributed by atoms with E-state index in [-0.39, 0.29) is 5.91 Å². The summed E-state index contributed by atoms with van der Waals surface area (Å²) in [6, 6.07) is 15.1. The molecule has 4 heteroatoms. The van der Waals surface area contributed by atoms with Gasteiger partial charge in [-0.05, 0) is 17.7 Å². The molecule has 0 aliphatic carbocycles. The van der Waals surface area contributed by atoms with Crippen LogP contribution in [0.25, 0.3) is 0 Å². The van der Waals surface area contributed by atoms with Crippen molar-refractivity contribution < 1.29 is 14.3 Å². The van der Waals surface area contributed by atoms with Gasteiger partial charge in [-0.2, -0.15) is 0 Å². The van der Waals surface area contributed by atoms with Crippen molar-refractivity contribution in [1.82, 2.24) is 0 Å². The van der Waals surface area contributed by atoms with Crippen LogP contribution < -0.4 is 14.8 Å². The van der Waals surface area contributed by atoms with Crippen molar-refractivity contribution >= 4 is 11.6 Å². The molecule has 0 saturated carbocycles. The van der Waals surface area contributed by atoms with E-state index in [0.29, 0.717) is 25.4 Å². The van der Waals surface area contributed by atoms with Crippen LogP contribution in [0.3, 0.4) is 0 Å².